The van der Waals surface area contributed by atoms with E-state index in [1.165, 1.54) is 0 Å². The highest BCUT2D eigenvalue weighted by Crippen LogP contribution is 2.36. The molecule has 3 nitrogen and oxygen atoms in total. The first-order valence-corrected chi connectivity index (χ1v) is 7.77. The van der Waals surface area contributed by atoms with E-state index >= 15 is 0 Å². The number of ether oxygens (including phenoxy) is 2. The molecule has 0 saturated carbocycles. The molecule has 2 rings (SSSR count). The van der Waals surface area contributed by atoms with Crippen LogP contribution in [0.2, 0.25) is 0 Å². The van der Waals surface area contributed by atoms with Crippen molar-refractivity contribution >= 4 is 5.97 Å². The maximum absolute atomic E-state index is 11.1. The van der Waals surface area contributed by atoms with E-state index in [0.29, 0.717) is 6.61 Å². The minimum atomic E-state index is -0.552. The van der Waals surface area contributed by atoms with Gasteiger partial charge in [0.25, 0.3) is 0 Å². The Morgan fingerprint density at radius 3 is 1.96 bits per heavy atom. The van der Waals surface area contributed by atoms with Crippen molar-refractivity contribution in [2.75, 3.05) is 13.2 Å². The molecule has 0 aliphatic carbocycles. The van der Waals surface area contributed by atoms with Crippen LogP contribution in [0.25, 0.3) is 0 Å². The van der Waals surface area contributed by atoms with E-state index in [9.17, 15) is 4.79 Å². The highest BCUT2D eigenvalue weighted by molar-refractivity contribution is 5.81. The number of rotatable bonds is 8. The molecule has 0 spiro atoms. The number of carbonyl (C=O) groups excluding carboxylic acids is 1. The Bertz CT molecular complexity index is 580. The largest absolute Gasteiger partial charge is 0.460 e. The fourth-order valence-electron chi connectivity index (χ4n) is 2.68. The normalized spacial score (nSPS) is 11.0. The van der Waals surface area contributed by atoms with Crippen LogP contribution in [0.1, 0.15) is 24.5 Å². The van der Waals surface area contributed by atoms with E-state index in [-0.39, 0.29) is 6.61 Å². The van der Waals surface area contributed by atoms with Crippen molar-refractivity contribution < 1.29 is 14.3 Å². The van der Waals surface area contributed by atoms with Gasteiger partial charge in [0.1, 0.15) is 12.2 Å². The Balaban J connectivity index is 2.24. The second kappa shape index (κ2) is 8.30. The quantitative estimate of drug-likeness (QED) is 0.418. The van der Waals surface area contributed by atoms with E-state index in [0.717, 1.165) is 23.6 Å². The molecule has 120 valence electrons. The first-order chi connectivity index (χ1) is 11.2. The van der Waals surface area contributed by atoms with Crippen LogP contribution in [0, 0.1) is 0 Å². The average Bonchev–Trinajstić information content (AvgIpc) is 2.63. The number of benzene rings is 2. The van der Waals surface area contributed by atoms with E-state index < -0.39 is 11.6 Å². The molecular formula is C20H22O3. The van der Waals surface area contributed by atoms with Crippen molar-refractivity contribution in [3.05, 3.63) is 84.4 Å². The first kappa shape index (κ1) is 17.0. The molecule has 0 aliphatic heterocycles. The van der Waals surface area contributed by atoms with Crippen LogP contribution in [0.5, 0.6) is 0 Å². The van der Waals surface area contributed by atoms with Crippen molar-refractivity contribution in [3.8, 4) is 0 Å². The second-order valence-corrected chi connectivity index (χ2v) is 5.13. The maximum atomic E-state index is 11.1. The molecule has 0 aromatic heterocycles. The van der Waals surface area contributed by atoms with E-state index in [2.05, 4.69) is 37.8 Å². The fraction of sp³-hybridized carbons (Fsp3) is 0.250. The van der Waals surface area contributed by atoms with Gasteiger partial charge in [-0.1, -0.05) is 74.2 Å². The highest BCUT2D eigenvalue weighted by atomic mass is 16.6. The summed E-state index contributed by atoms with van der Waals surface area (Å²) in [6.07, 6.45) is 1.93. The smallest absolute Gasteiger partial charge is 0.330 e. The van der Waals surface area contributed by atoms with Gasteiger partial charge in [0.2, 0.25) is 0 Å². The van der Waals surface area contributed by atoms with Gasteiger partial charge in [0.15, 0.2) is 0 Å². The van der Waals surface area contributed by atoms with Gasteiger partial charge in [-0.05, 0) is 17.5 Å². The Morgan fingerprint density at radius 1 is 1.00 bits per heavy atom. The Morgan fingerprint density at radius 2 is 1.52 bits per heavy atom. The summed E-state index contributed by atoms with van der Waals surface area (Å²) >= 11 is 0. The van der Waals surface area contributed by atoms with Gasteiger partial charge in [-0.2, -0.15) is 0 Å². The lowest BCUT2D eigenvalue weighted by Gasteiger charge is -2.34. The van der Waals surface area contributed by atoms with Crippen molar-refractivity contribution in [2.24, 2.45) is 0 Å². The predicted octanol–water partition coefficient (Wildman–Crippen LogP) is 4.09. The molecule has 0 unspecified atom stereocenters. The van der Waals surface area contributed by atoms with Crippen molar-refractivity contribution in [3.63, 3.8) is 0 Å². The lowest BCUT2D eigenvalue weighted by Crippen LogP contribution is -2.32. The average molecular weight is 310 g/mol. The van der Waals surface area contributed by atoms with Crippen LogP contribution >= 0.6 is 0 Å². The third kappa shape index (κ3) is 4.08. The molecule has 0 N–H and O–H groups in total. The standard InChI is InChI=1S/C20H22O3/c1-3-19(21)22-15-16-23-20(4-2,17-11-7-5-8-12-17)18-13-9-6-10-14-18/h3,5-14H,1,4,15-16H2,2H3. The summed E-state index contributed by atoms with van der Waals surface area (Å²) < 4.78 is 11.3. The number of carbonyl (C=O) groups is 1. The minimum absolute atomic E-state index is 0.201. The Labute approximate surface area is 137 Å². The molecule has 2 aromatic rings. The van der Waals surface area contributed by atoms with E-state index in [1.807, 2.05) is 36.4 Å². The van der Waals surface area contributed by atoms with Gasteiger partial charge in [-0.25, -0.2) is 4.79 Å². The summed E-state index contributed by atoms with van der Waals surface area (Å²) in [7, 11) is 0. The van der Waals surface area contributed by atoms with Crippen molar-refractivity contribution in [1.29, 1.82) is 0 Å². The van der Waals surface area contributed by atoms with E-state index in [1.54, 1.807) is 0 Å². The zero-order valence-corrected chi connectivity index (χ0v) is 13.4. The molecule has 0 saturated heterocycles. The van der Waals surface area contributed by atoms with Crippen molar-refractivity contribution in [2.45, 2.75) is 18.9 Å². The summed E-state index contributed by atoms with van der Waals surface area (Å²) in [4.78, 5) is 11.1. The summed E-state index contributed by atoms with van der Waals surface area (Å²) in [5, 5.41) is 0. The zero-order valence-electron chi connectivity index (χ0n) is 13.4. The van der Waals surface area contributed by atoms with Crippen LogP contribution in [-0.2, 0) is 19.9 Å². The van der Waals surface area contributed by atoms with Gasteiger partial charge in [0, 0.05) is 6.08 Å². The second-order valence-electron chi connectivity index (χ2n) is 5.13. The Hall–Kier alpha value is -2.39. The minimum Gasteiger partial charge on any atom is -0.460 e. The van der Waals surface area contributed by atoms with Crippen LogP contribution in [0.4, 0.5) is 0 Å². The topological polar surface area (TPSA) is 35.5 Å². The molecule has 0 amide bonds. The molecule has 0 radical (unpaired) electrons. The third-order valence-corrected chi connectivity index (χ3v) is 3.82. The van der Waals surface area contributed by atoms with Crippen LogP contribution in [0.15, 0.2) is 73.3 Å². The molecule has 0 aliphatic rings. The SMILES string of the molecule is C=CC(=O)OCCOC(CC)(c1ccccc1)c1ccccc1. The van der Waals surface area contributed by atoms with Gasteiger partial charge < -0.3 is 9.47 Å². The lowest BCUT2D eigenvalue weighted by atomic mass is 9.84. The molecule has 0 atom stereocenters. The lowest BCUT2D eigenvalue weighted by molar-refractivity contribution is -0.141. The predicted molar refractivity (Wildman–Crippen MR) is 91.1 cm³/mol. The highest BCUT2D eigenvalue weighted by Gasteiger charge is 2.33. The van der Waals surface area contributed by atoms with E-state index in [4.69, 9.17) is 9.47 Å². The van der Waals surface area contributed by atoms with Gasteiger partial charge in [-0.3, -0.25) is 0 Å². The molecule has 0 fully saturated rings. The van der Waals surface area contributed by atoms with Crippen LogP contribution in [-0.4, -0.2) is 19.2 Å². The molecule has 2 aromatic carbocycles. The first-order valence-electron chi connectivity index (χ1n) is 7.77. The number of hydrogen-bond acceptors (Lipinski definition) is 3. The number of hydrogen-bond donors (Lipinski definition) is 0. The fourth-order valence-corrected chi connectivity index (χ4v) is 2.68. The monoisotopic (exact) mass is 310 g/mol. The summed E-state index contributed by atoms with van der Waals surface area (Å²) in [5.74, 6) is -0.435. The summed E-state index contributed by atoms with van der Waals surface area (Å²) in [6.45, 7) is 5.99. The van der Waals surface area contributed by atoms with Gasteiger partial charge in [0.05, 0.1) is 6.61 Å². The Kier molecular flexibility index (Phi) is 6.12. The van der Waals surface area contributed by atoms with Crippen molar-refractivity contribution in [1.82, 2.24) is 0 Å². The molecule has 3 heteroatoms. The molecule has 0 heterocycles. The summed E-state index contributed by atoms with van der Waals surface area (Å²) in [5.41, 5.74) is 1.62. The molecule has 23 heavy (non-hydrogen) atoms. The number of esters is 1. The molecular weight excluding hydrogens is 288 g/mol. The summed E-state index contributed by atoms with van der Waals surface area (Å²) in [6, 6.07) is 20.2. The zero-order chi connectivity index (χ0) is 16.5. The van der Waals surface area contributed by atoms with Crippen LogP contribution < -0.4 is 0 Å². The third-order valence-electron chi connectivity index (χ3n) is 3.82. The van der Waals surface area contributed by atoms with Gasteiger partial charge in [-0.15, -0.1) is 0 Å². The maximum Gasteiger partial charge on any atom is 0.330 e. The molecule has 0 bridgehead atoms. The van der Waals surface area contributed by atoms with Crippen LogP contribution in [0.3, 0.4) is 0 Å². The van der Waals surface area contributed by atoms with Gasteiger partial charge >= 0.3 is 5.97 Å².